The second kappa shape index (κ2) is 17.9. The predicted octanol–water partition coefficient (Wildman–Crippen LogP) is 10.3. The largest absolute Gasteiger partial charge is 0.493 e. The van der Waals surface area contributed by atoms with Gasteiger partial charge in [0.15, 0.2) is 0 Å². The molecule has 1 unspecified atom stereocenters. The number of aliphatic hydroxyl groups excluding tert-OH is 1. The minimum Gasteiger partial charge on any atom is -0.493 e. The molecule has 8 nitrogen and oxygen atoms in total. The summed E-state index contributed by atoms with van der Waals surface area (Å²) in [5, 5.41) is 13.3. The van der Waals surface area contributed by atoms with Gasteiger partial charge in [-0.05, 0) is 74.6 Å². The van der Waals surface area contributed by atoms with Crippen LogP contribution in [0.4, 0.5) is 5.69 Å². The summed E-state index contributed by atoms with van der Waals surface area (Å²) in [6.45, 7) is 5.76. The molecule has 3 atom stereocenters. The number of carbonyl (C=O) groups excluding carboxylic acids is 3. The number of esters is 1. The van der Waals surface area contributed by atoms with Gasteiger partial charge in [-0.25, -0.2) is 0 Å². The van der Waals surface area contributed by atoms with Crippen LogP contribution in [-0.4, -0.2) is 53.1 Å². The Balaban J connectivity index is 1.35. The third-order valence-corrected chi connectivity index (χ3v) is 11.2. The van der Waals surface area contributed by atoms with Crippen molar-refractivity contribution in [1.82, 2.24) is 4.90 Å². The van der Waals surface area contributed by atoms with Gasteiger partial charge >= 0.3 is 5.97 Å². The number of amides is 2. The number of fused-ring (bicyclic) bond motifs is 3. The average molecular weight is 795 g/mol. The Bertz CT molecular complexity index is 2670. The van der Waals surface area contributed by atoms with Crippen molar-refractivity contribution < 1.29 is 29.0 Å². The molecule has 0 fully saturated rings. The van der Waals surface area contributed by atoms with Crippen LogP contribution in [0.25, 0.3) is 32.7 Å². The Morgan fingerprint density at radius 2 is 1.42 bits per heavy atom. The molecule has 1 aliphatic heterocycles. The highest BCUT2D eigenvalue weighted by molar-refractivity contribution is 6.10. The lowest BCUT2D eigenvalue weighted by Crippen LogP contribution is -2.52. The number of carbonyl (C=O) groups is 3. The first-order valence-corrected chi connectivity index (χ1v) is 20.3. The summed E-state index contributed by atoms with van der Waals surface area (Å²) in [5.41, 5.74) is 5.03. The maximum absolute atomic E-state index is 15.7. The standard InChI is InChI=1S/C52H46N2O6/c1-3-14-48(60-35(2)56)50-49(53(34-41-21-11-19-38-17-7-9-22-43(38)41)52(58)45-24-12-20-39-18-8-10-23-44(39)45)46-33-42(59-32-13-31-55)29-30-47(46)54(50)51(57)40-27-25-37(26-28-40)36-15-5-4-6-16-36/h3-12,15-30,33,48-50,55H,1,13-14,31-32,34H2,2H3/t48?,49-,50+/m0/s1. The van der Waals surface area contributed by atoms with Crippen LogP contribution < -0.4 is 9.64 Å². The first-order valence-electron chi connectivity index (χ1n) is 20.3. The van der Waals surface area contributed by atoms with Crippen LogP contribution in [0, 0.1) is 0 Å². The molecule has 1 aliphatic rings. The molecule has 0 aliphatic carbocycles. The van der Waals surface area contributed by atoms with Gasteiger partial charge in [-0.2, -0.15) is 0 Å². The van der Waals surface area contributed by atoms with Crippen LogP contribution in [0.15, 0.2) is 170 Å². The normalized spacial score (nSPS) is 15.0. The van der Waals surface area contributed by atoms with Crippen molar-refractivity contribution in [3.8, 4) is 16.9 Å². The summed E-state index contributed by atoms with van der Waals surface area (Å²) in [4.78, 5) is 47.5. The van der Waals surface area contributed by atoms with E-state index in [4.69, 9.17) is 9.47 Å². The molecule has 8 heteroatoms. The van der Waals surface area contributed by atoms with E-state index >= 15 is 9.59 Å². The van der Waals surface area contributed by atoms with Gasteiger partial charge < -0.3 is 19.5 Å². The molecule has 0 spiro atoms. The number of hydrogen-bond donors (Lipinski definition) is 1. The molecule has 1 N–H and O–H groups in total. The average Bonchev–Trinajstić information content (AvgIpc) is 3.61. The van der Waals surface area contributed by atoms with Crippen LogP contribution in [0.2, 0.25) is 0 Å². The van der Waals surface area contributed by atoms with Crippen LogP contribution in [0.1, 0.15) is 57.7 Å². The summed E-state index contributed by atoms with van der Waals surface area (Å²) in [7, 11) is 0. The molecule has 0 saturated heterocycles. The first-order chi connectivity index (χ1) is 29.4. The van der Waals surface area contributed by atoms with E-state index in [1.165, 1.54) is 6.92 Å². The van der Waals surface area contributed by atoms with E-state index in [2.05, 4.69) is 6.58 Å². The number of ether oxygens (including phenoxy) is 2. The monoisotopic (exact) mass is 794 g/mol. The smallest absolute Gasteiger partial charge is 0.302 e. The van der Waals surface area contributed by atoms with E-state index in [9.17, 15) is 9.90 Å². The Morgan fingerprint density at radius 1 is 0.767 bits per heavy atom. The third kappa shape index (κ3) is 8.02. The Kier molecular flexibility index (Phi) is 11.8. The molecule has 1 heterocycles. The van der Waals surface area contributed by atoms with Gasteiger partial charge in [-0.1, -0.05) is 127 Å². The summed E-state index contributed by atoms with van der Waals surface area (Å²) in [6, 6.07) is 48.8. The Morgan fingerprint density at radius 3 is 2.13 bits per heavy atom. The van der Waals surface area contributed by atoms with Gasteiger partial charge in [0.05, 0.1) is 24.4 Å². The molecule has 7 aromatic carbocycles. The van der Waals surface area contributed by atoms with Crippen molar-refractivity contribution in [2.75, 3.05) is 18.1 Å². The zero-order chi connectivity index (χ0) is 41.6. The summed E-state index contributed by atoms with van der Waals surface area (Å²) >= 11 is 0. The second-order valence-corrected chi connectivity index (χ2v) is 15.0. The Hall–Kier alpha value is -7.03. The highest BCUT2D eigenvalue weighted by Crippen LogP contribution is 2.49. The first kappa shape index (κ1) is 39.8. The number of aliphatic hydroxyl groups is 1. The van der Waals surface area contributed by atoms with Gasteiger partial charge in [-0.3, -0.25) is 19.3 Å². The quantitative estimate of drug-likeness (QED) is 0.0669. The van der Waals surface area contributed by atoms with E-state index < -0.39 is 24.2 Å². The summed E-state index contributed by atoms with van der Waals surface area (Å²) in [5.74, 6) is -0.580. The number of nitrogens with zero attached hydrogens (tertiary/aromatic N) is 2. The van der Waals surface area contributed by atoms with E-state index in [0.29, 0.717) is 34.5 Å². The van der Waals surface area contributed by atoms with Crippen molar-refractivity contribution in [1.29, 1.82) is 0 Å². The lowest BCUT2D eigenvalue weighted by molar-refractivity contribution is -0.147. The topological polar surface area (TPSA) is 96.4 Å². The molecular formula is C52H46N2O6. The fraction of sp³-hybridized carbons (Fsp3) is 0.173. The lowest BCUT2D eigenvalue weighted by atomic mass is 9.92. The van der Waals surface area contributed by atoms with Gasteiger partial charge in [0.1, 0.15) is 11.9 Å². The molecule has 0 radical (unpaired) electrons. The predicted molar refractivity (Wildman–Crippen MR) is 237 cm³/mol. The van der Waals surface area contributed by atoms with E-state index in [1.54, 1.807) is 17.0 Å². The fourth-order valence-corrected chi connectivity index (χ4v) is 8.47. The number of benzene rings is 7. The van der Waals surface area contributed by atoms with Crippen molar-refractivity contribution in [3.63, 3.8) is 0 Å². The van der Waals surface area contributed by atoms with E-state index in [1.807, 2.05) is 157 Å². The minimum atomic E-state index is -0.904. The van der Waals surface area contributed by atoms with Crippen molar-refractivity contribution in [2.24, 2.45) is 0 Å². The molecule has 8 rings (SSSR count). The van der Waals surface area contributed by atoms with Gasteiger partial charge in [0.25, 0.3) is 11.8 Å². The number of rotatable bonds is 14. The van der Waals surface area contributed by atoms with Crippen molar-refractivity contribution in [2.45, 2.75) is 44.5 Å². The van der Waals surface area contributed by atoms with Crippen LogP contribution >= 0.6 is 0 Å². The van der Waals surface area contributed by atoms with Crippen LogP contribution in [0.5, 0.6) is 5.75 Å². The molecule has 2 amide bonds. The summed E-state index contributed by atoms with van der Waals surface area (Å²) in [6.07, 6.45) is 1.40. The van der Waals surface area contributed by atoms with E-state index in [-0.39, 0.29) is 38.0 Å². The fourth-order valence-electron chi connectivity index (χ4n) is 8.47. The maximum atomic E-state index is 15.7. The molecule has 60 heavy (non-hydrogen) atoms. The maximum Gasteiger partial charge on any atom is 0.302 e. The molecular weight excluding hydrogens is 749 g/mol. The second-order valence-electron chi connectivity index (χ2n) is 15.0. The molecule has 0 bridgehead atoms. The highest BCUT2D eigenvalue weighted by atomic mass is 16.5. The SMILES string of the molecule is C=CCC(OC(C)=O)[C@@H]1[C@@H](N(Cc2cccc3ccccc23)C(=O)c2cccc3ccccc23)c2cc(OCCCO)ccc2N1C(=O)c1ccc(-c2ccccc2)cc1. The summed E-state index contributed by atoms with van der Waals surface area (Å²) < 4.78 is 12.3. The molecule has 0 saturated carbocycles. The van der Waals surface area contributed by atoms with Gasteiger partial charge in [0, 0.05) is 49.6 Å². The zero-order valence-corrected chi connectivity index (χ0v) is 33.4. The minimum absolute atomic E-state index is 0.0368. The number of hydrogen-bond acceptors (Lipinski definition) is 6. The molecule has 300 valence electrons. The van der Waals surface area contributed by atoms with Crippen molar-refractivity contribution in [3.05, 3.63) is 193 Å². The van der Waals surface area contributed by atoms with E-state index in [0.717, 1.165) is 38.2 Å². The zero-order valence-electron chi connectivity index (χ0n) is 33.4. The van der Waals surface area contributed by atoms with Crippen LogP contribution in [0.3, 0.4) is 0 Å². The van der Waals surface area contributed by atoms with Crippen molar-refractivity contribution >= 4 is 45.0 Å². The third-order valence-electron chi connectivity index (χ3n) is 11.2. The lowest BCUT2D eigenvalue weighted by Gasteiger charge is -2.39. The van der Waals surface area contributed by atoms with Crippen LogP contribution in [-0.2, 0) is 16.1 Å². The van der Waals surface area contributed by atoms with Gasteiger partial charge in [-0.15, -0.1) is 6.58 Å². The number of anilines is 1. The highest BCUT2D eigenvalue weighted by Gasteiger charge is 2.51. The van der Waals surface area contributed by atoms with Gasteiger partial charge in [0.2, 0.25) is 0 Å². The molecule has 7 aromatic rings. The molecule has 0 aromatic heterocycles. The Labute approximate surface area is 349 Å².